The summed E-state index contributed by atoms with van der Waals surface area (Å²) in [5.74, 6) is -0.967. The average Bonchev–Trinajstić information content (AvgIpc) is 3.19. The lowest BCUT2D eigenvalue weighted by molar-refractivity contribution is -0.144. The first kappa shape index (κ1) is 22.7. The van der Waals surface area contributed by atoms with Crippen molar-refractivity contribution in [3.05, 3.63) is 69.9 Å². The Bertz CT molecular complexity index is 1530. The standard InChI is InChI=1S/C25H25FN6O3/c1-15-4-6-16(7-5-15)9-28-23(34)18-8-17-21-19(29-14-30(21)3)10-27-22(17)32(24(18)35)11-20(33)31-12-25(2,26)13-31/h4-8,10,14H,9,11-13H2,1-3H3,(H,28,34). The molecule has 0 spiro atoms. The van der Waals surface area contributed by atoms with E-state index in [4.69, 9.17) is 0 Å². The molecule has 5 rings (SSSR count). The van der Waals surface area contributed by atoms with E-state index in [2.05, 4.69) is 15.3 Å². The topological polar surface area (TPSA) is 102 Å². The summed E-state index contributed by atoms with van der Waals surface area (Å²) < 4.78 is 16.9. The van der Waals surface area contributed by atoms with Gasteiger partial charge in [0.25, 0.3) is 11.5 Å². The van der Waals surface area contributed by atoms with Gasteiger partial charge in [-0.3, -0.25) is 19.0 Å². The van der Waals surface area contributed by atoms with Gasteiger partial charge in [0, 0.05) is 19.0 Å². The summed E-state index contributed by atoms with van der Waals surface area (Å²) in [6.45, 7) is 3.23. The Hall–Kier alpha value is -4.08. The van der Waals surface area contributed by atoms with E-state index in [-0.39, 0.29) is 37.4 Å². The van der Waals surface area contributed by atoms with E-state index >= 15 is 0 Å². The summed E-state index contributed by atoms with van der Waals surface area (Å²) in [6, 6.07) is 9.20. The van der Waals surface area contributed by atoms with Crippen LogP contribution in [-0.4, -0.2) is 54.6 Å². The summed E-state index contributed by atoms with van der Waals surface area (Å²) in [7, 11) is 1.80. The van der Waals surface area contributed by atoms with E-state index in [9.17, 15) is 18.8 Å². The number of benzene rings is 1. The Labute approximate surface area is 200 Å². The highest BCUT2D eigenvalue weighted by atomic mass is 19.1. The summed E-state index contributed by atoms with van der Waals surface area (Å²) in [5, 5.41) is 3.32. The molecule has 1 aliphatic rings. The number of hydrogen-bond donors (Lipinski definition) is 1. The van der Waals surface area contributed by atoms with Crippen LogP contribution in [0.1, 0.15) is 28.4 Å². The number of nitrogens with one attached hydrogen (secondary N) is 1. The first-order valence-corrected chi connectivity index (χ1v) is 11.3. The van der Waals surface area contributed by atoms with Gasteiger partial charge in [0.2, 0.25) is 5.91 Å². The van der Waals surface area contributed by atoms with Crippen LogP contribution in [0.4, 0.5) is 4.39 Å². The summed E-state index contributed by atoms with van der Waals surface area (Å²) in [4.78, 5) is 49.4. The zero-order valence-electron chi connectivity index (χ0n) is 19.7. The molecule has 1 N–H and O–H groups in total. The smallest absolute Gasteiger partial charge is 0.265 e. The van der Waals surface area contributed by atoms with Gasteiger partial charge in [-0.1, -0.05) is 29.8 Å². The summed E-state index contributed by atoms with van der Waals surface area (Å²) >= 11 is 0. The largest absolute Gasteiger partial charge is 0.348 e. The Morgan fingerprint density at radius 3 is 2.57 bits per heavy atom. The van der Waals surface area contributed by atoms with Crippen molar-refractivity contribution in [2.45, 2.75) is 32.6 Å². The Kier molecular flexibility index (Phi) is 5.38. The third-order valence-electron chi connectivity index (χ3n) is 6.30. The average molecular weight is 477 g/mol. The molecule has 10 heteroatoms. The second-order valence-corrected chi connectivity index (χ2v) is 9.37. The molecule has 1 aromatic carbocycles. The molecule has 0 aliphatic carbocycles. The maximum absolute atomic E-state index is 13.9. The number of amides is 2. The highest BCUT2D eigenvalue weighted by Gasteiger charge is 2.41. The fraction of sp³-hybridized carbons (Fsp3) is 0.320. The molecule has 4 heterocycles. The molecule has 0 saturated carbocycles. The van der Waals surface area contributed by atoms with Crippen molar-refractivity contribution in [2.24, 2.45) is 7.05 Å². The van der Waals surface area contributed by atoms with E-state index in [0.717, 1.165) is 11.1 Å². The van der Waals surface area contributed by atoms with Crippen molar-refractivity contribution in [1.29, 1.82) is 0 Å². The number of rotatable bonds is 5. The number of pyridine rings is 2. The predicted molar refractivity (Wildman–Crippen MR) is 129 cm³/mol. The molecule has 3 aromatic heterocycles. The van der Waals surface area contributed by atoms with Crippen LogP contribution in [0.3, 0.4) is 0 Å². The summed E-state index contributed by atoms with van der Waals surface area (Å²) in [6.07, 6.45) is 3.14. The molecular formula is C25H25FN6O3. The fourth-order valence-electron chi connectivity index (χ4n) is 4.42. The van der Waals surface area contributed by atoms with Gasteiger partial charge in [-0.15, -0.1) is 0 Å². The Balaban J connectivity index is 1.55. The van der Waals surface area contributed by atoms with Gasteiger partial charge < -0.3 is 14.8 Å². The molecule has 0 atom stereocenters. The van der Waals surface area contributed by atoms with Gasteiger partial charge in [0.1, 0.15) is 28.9 Å². The quantitative estimate of drug-likeness (QED) is 0.475. The van der Waals surface area contributed by atoms with Crippen molar-refractivity contribution in [3.63, 3.8) is 0 Å². The van der Waals surface area contributed by atoms with Gasteiger partial charge in [0.15, 0.2) is 0 Å². The van der Waals surface area contributed by atoms with Crippen LogP contribution < -0.4 is 10.9 Å². The van der Waals surface area contributed by atoms with Crippen LogP contribution >= 0.6 is 0 Å². The molecule has 1 saturated heterocycles. The first-order valence-electron chi connectivity index (χ1n) is 11.3. The first-order chi connectivity index (χ1) is 16.6. The number of fused-ring (bicyclic) bond motifs is 3. The van der Waals surface area contributed by atoms with Crippen molar-refractivity contribution in [1.82, 2.24) is 29.3 Å². The van der Waals surface area contributed by atoms with Gasteiger partial charge in [-0.2, -0.15) is 0 Å². The molecule has 9 nitrogen and oxygen atoms in total. The number of halogens is 1. The number of aromatic nitrogens is 4. The van der Waals surface area contributed by atoms with E-state index in [1.807, 2.05) is 31.2 Å². The van der Waals surface area contributed by atoms with E-state index < -0.39 is 23.0 Å². The van der Waals surface area contributed by atoms with Crippen LogP contribution in [0.2, 0.25) is 0 Å². The van der Waals surface area contributed by atoms with Crippen LogP contribution in [0.25, 0.3) is 22.1 Å². The van der Waals surface area contributed by atoms with Crippen LogP contribution in [0.15, 0.2) is 47.7 Å². The second-order valence-electron chi connectivity index (χ2n) is 9.37. The van der Waals surface area contributed by atoms with Crippen LogP contribution in [0, 0.1) is 6.92 Å². The normalized spacial score (nSPS) is 14.8. The number of imidazole rings is 1. The summed E-state index contributed by atoms with van der Waals surface area (Å²) in [5.41, 5.74) is 1.37. The SMILES string of the molecule is Cc1ccc(CNC(=O)c2cc3c4c(cnc3n(CC(=O)N3CC(C)(F)C3)c2=O)ncn4C)cc1. The molecule has 0 radical (unpaired) electrons. The Morgan fingerprint density at radius 1 is 1.17 bits per heavy atom. The predicted octanol–water partition coefficient (Wildman–Crippen LogP) is 2.09. The number of nitrogens with zero attached hydrogens (tertiary/aromatic N) is 5. The molecule has 180 valence electrons. The van der Waals surface area contributed by atoms with Gasteiger partial charge in [0.05, 0.1) is 31.1 Å². The van der Waals surface area contributed by atoms with Gasteiger partial charge >= 0.3 is 0 Å². The monoisotopic (exact) mass is 476 g/mol. The minimum Gasteiger partial charge on any atom is -0.348 e. The zero-order valence-corrected chi connectivity index (χ0v) is 19.7. The number of hydrogen-bond acceptors (Lipinski definition) is 5. The minimum atomic E-state index is -1.43. The maximum atomic E-state index is 13.9. The van der Waals surface area contributed by atoms with Crippen molar-refractivity contribution in [2.75, 3.05) is 13.1 Å². The molecule has 35 heavy (non-hydrogen) atoms. The number of carbonyl (C=O) groups is 2. The molecule has 0 bridgehead atoms. The van der Waals surface area contributed by atoms with Crippen molar-refractivity contribution < 1.29 is 14.0 Å². The molecule has 2 amide bonds. The Morgan fingerprint density at radius 2 is 1.89 bits per heavy atom. The number of likely N-dealkylation sites (tertiary alicyclic amines) is 1. The lowest BCUT2D eigenvalue weighted by Gasteiger charge is -2.42. The van der Waals surface area contributed by atoms with Gasteiger partial charge in [-0.25, -0.2) is 14.4 Å². The lowest BCUT2D eigenvalue weighted by Crippen LogP contribution is -2.60. The van der Waals surface area contributed by atoms with Gasteiger partial charge in [-0.05, 0) is 25.5 Å². The molecular weight excluding hydrogens is 451 g/mol. The van der Waals surface area contributed by atoms with E-state index in [0.29, 0.717) is 16.4 Å². The van der Waals surface area contributed by atoms with E-state index in [1.165, 1.54) is 28.7 Å². The number of aryl methyl sites for hydroxylation is 2. The maximum Gasteiger partial charge on any atom is 0.265 e. The molecule has 1 fully saturated rings. The van der Waals surface area contributed by atoms with Crippen LogP contribution in [-0.2, 0) is 24.9 Å². The van der Waals surface area contributed by atoms with Crippen molar-refractivity contribution in [3.8, 4) is 0 Å². The fourth-order valence-corrected chi connectivity index (χ4v) is 4.42. The minimum absolute atomic E-state index is 0.0331. The van der Waals surface area contributed by atoms with E-state index in [1.54, 1.807) is 17.9 Å². The highest BCUT2D eigenvalue weighted by molar-refractivity contribution is 6.05. The third kappa shape index (κ3) is 4.16. The molecule has 0 unspecified atom stereocenters. The zero-order chi connectivity index (χ0) is 24.9. The van der Waals surface area contributed by atoms with Crippen molar-refractivity contribution >= 4 is 33.9 Å². The number of carbonyl (C=O) groups excluding carboxylic acids is 2. The highest BCUT2D eigenvalue weighted by Crippen LogP contribution is 2.26. The number of alkyl halides is 1. The molecule has 4 aromatic rings. The third-order valence-corrected chi connectivity index (χ3v) is 6.30. The van der Waals surface area contributed by atoms with Crippen LogP contribution in [0.5, 0.6) is 0 Å². The molecule has 1 aliphatic heterocycles. The lowest BCUT2D eigenvalue weighted by atomic mass is 9.99. The second kappa shape index (κ2) is 8.30.